The van der Waals surface area contributed by atoms with Crippen molar-refractivity contribution < 1.29 is 0 Å². The van der Waals surface area contributed by atoms with Crippen LogP contribution in [0.15, 0.2) is 25.3 Å². The Kier molecular flexibility index (Phi) is 15.0. The van der Waals surface area contributed by atoms with E-state index in [4.69, 9.17) is 0 Å². The molecule has 0 saturated heterocycles. The number of rotatable bonds is 15. The average Bonchev–Trinajstić information content (AvgIpc) is 2.51. The number of nitrogens with one attached hydrogen (secondary N) is 2. The maximum absolute atomic E-state index is 4.00. The summed E-state index contributed by atoms with van der Waals surface area (Å²) in [5, 5.41) is 2.14. The Morgan fingerprint density at radius 2 is 1.76 bits per heavy atom. The van der Waals surface area contributed by atoms with E-state index in [0.717, 1.165) is 30.9 Å². The summed E-state index contributed by atoms with van der Waals surface area (Å²) in [4.78, 5) is 0. The Morgan fingerprint density at radius 1 is 1.10 bits per heavy atom. The zero-order valence-electron chi connectivity index (χ0n) is 13.9. The normalized spacial score (nSPS) is 14.1. The van der Waals surface area contributed by atoms with Crippen LogP contribution in [0.2, 0.25) is 0 Å². The summed E-state index contributed by atoms with van der Waals surface area (Å²) in [6, 6.07) is 0.592. The third-order valence-electron chi connectivity index (χ3n) is 3.26. The van der Waals surface area contributed by atoms with Crippen molar-refractivity contribution in [1.82, 2.24) is 16.0 Å². The lowest BCUT2D eigenvalue weighted by Crippen LogP contribution is -2.56. The molecule has 0 spiro atoms. The predicted molar refractivity (Wildman–Crippen MR) is 102 cm³/mol. The topological polar surface area (TPSA) is 27.3 Å². The SMILES string of the molecule is C=C[C@H](CCSC)NN(NCCCC)[C@H](C=C)CCSC. The zero-order chi connectivity index (χ0) is 15.9. The van der Waals surface area contributed by atoms with E-state index in [0.29, 0.717) is 12.1 Å². The molecule has 0 bridgehead atoms. The highest BCUT2D eigenvalue weighted by Gasteiger charge is 2.17. The maximum atomic E-state index is 4.00. The largest absolute Gasteiger partial charge is 0.241 e. The number of thioether (sulfide) groups is 2. The molecule has 0 fully saturated rings. The van der Waals surface area contributed by atoms with Crippen molar-refractivity contribution in [2.75, 3.05) is 30.6 Å². The van der Waals surface area contributed by atoms with Crippen molar-refractivity contribution in [2.24, 2.45) is 0 Å². The third-order valence-corrected chi connectivity index (χ3v) is 4.54. The van der Waals surface area contributed by atoms with Gasteiger partial charge in [-0.1, -0.05) is 25.5 Å². The standard InChI is InChI=1S/C16H33N3S2/c1-6-9-12-17-19(16(8-3)11-14-21-5)18-15(7-2)10-13-20-4/h7-8,15-18H,2-3,6,9-14H2,1,4-5H3/t15-,16-/m1/s1. The van der Waals surface area contributed by atoms with Crippen molar-refractivity contribution in [2.45, 2.75) is 44.7 Å². The molecule has 0 saturated carbocycles. The van der Waals surface area contributed by atoms with Gasteiger partial charge in [0.25, 0.3) is 0 Å². The van der Waals surface area contributed by atoms with Crippen LogP contribution >= 0.6 is 23.5 Å². The monoisotopic (exact) mass is 331 g/mol. The third kappa shape index (κ3) is 10.4. The molecular weight excluding hydrogens is 298 g/mol. The lowest BCUT2D eigenvalue weighted by atomic mass is 10.2. The Morgan fingerprint density at radius 3 is 2.29 bits per heavy atom. The molecular formula is C16H33N3S2. The van der Waals surface area contributed by atoms with Gasteiger partial charge < -0.3 is 0 Å². The van der Waals surface area contributed by atoms with Gasteiger partial charge in [0, 0.05) is 12.6 Å². The van der Waals surface area contributed by atoms with Crippen LogP contribution in [0.25, 0.3) is 0 Å². The lowest BCUT2D eigenvalue weighted by molar-refractivity contribution is 0.0655. The fourth-order valence-corrected chi connectivity index (χ4v) is 2.85. The average molecular weight is 332 g/mol. The Labute approximate surface area is 140 Å². The van der Waals surface area contributed by atoms with E-state index in [1.54, 1.807) is 0 Å². The Balaban J connectivity index is 4.58. The van der Waals surface area contributed by atoms with Crippen molar-refractivity contribution in [3.05, 3.63) is 25.3 Å². The molecule has 0 heterocycles. The van der Waals surface area contributed by atoms with Gasteiger partial charge in [0.1, 0.15) is 0 Å². The van der Waals surface area contributed by atoms with Gasteiger partial charge >= 0.3 is 0 Å². The fourth-order valence-electron chi connectivity index (χ4n) is 1.88. The minimum absolute atomic E-state index is 0.295. The van der Waals surface area contributed by atoms with Crippen molar-refractivity contribution >= 4 is 23.5 Å². The summed E-state index contributed by atoms with van der Waals surface area (Å²) in [7, 11) is 0. The van der Waals surface area contributed by atoms with Crippen LogP contribution in [0.5, 0.6) is 0 Å². The summed E-state index contributed by atoms with van der Waals surface area (Å²) < 4.78 is 0. The first-order chi connectivity index (χ1) is 10.2. The summed E-state index contributed by atoms with van der Waals surface area (Å²) in [6.07, 6.45) is 12.9. The van der Waals surface area contributed by atoms with E-state index in [-0.39, 0.29) is 0 Å². The molecule has 21 heavy (non-hydrogen) atoms. The first-order valence-corrected chi connectivity index (χ1v) is 10.5. The van der Waals surface area contributed by atoms with Gasteiger partial charge in [0.2, 0.25) is 0 Å². The molecule has 5 heteroatoms. The molecule has 0 aliphatic heterocycles. The molecule has 0 aromatic heterocycles. The minimum atomic E-state index is 0.295. The van der Waals surface area contributed by atoms with E-state index in [9.17, 15) is 0 Å². The van der Waals surface area contributed by atoms with Crippen LogP contribution in [-0.4, -0.2) is 47.8 Å². The number of unbranched alkanes of at least 4 members (excludes halogenated alkanes) is 1. The minimum Gasteiger partial charge on any atom is -0.241 e. The van der Waals surface area contributed by atoms with Gasteiger partial charge in [-0.15, -0.1) is 13.2 Å². The van der Waals surface area contributed by atoms with E-state index < -0.39 is 0 Å². The van der Waals surface area contributed by atoms with E-state index in [1.807, 2.05) is 35.7 Å². The molecule has 0 aromatic rings. The van der Waals surface area contributed by atoms with Crippen LogP contribution in [0.3, 0.4) is 0 Å². The number of hydrogen-bond donors (Lipinski definition) is 2. The van der Waals surface area contributed by atoms with Gasteiger partial charge in [-0.2, -0.15) is 28.6 Å². The van der Waals surface area contributed by atoms with Crippen LogP contribution in [0.4, 0.5) is 0 Å². The molecule has 0 aliphatic rings. The van der Waals surface area contributed by atoms with Gasteiger partial charge in [-0.05, 0) is 43.3 Å². The molecule has 0 amide bonds. The summed E-state index contributed by atoms with van der Waals surface area (Å²) in [5.41, 5.74) is 7.08. The van der Waals surface area contributed by atoms with E-state index >= 15 is 0 Å². The van der Waals surface area contributed by atoms with Gasteiger partial charge in [0.05, 0.1) is 6.04 Å². The number of nitrogens with zero attached hydrogens (tertiary/aromatic N) is 1. The summed E-state index contributed by atoms with van der Waals surface area (Å²) in [5.74, 6) is 2.27. The molecule has 0 aliphatic carbocycles. The molecule has 2 atom stereocenters. The molecule has 0 rings (SSSR count). The predicted octanol–water partition coefficient (Wildman–Crippen LogP) is 3.71. The molecule has 2 N–H and O–H groups in total. The van der Waals surface area contributed by atoms with Crippen LogP contribution in [-0.2, 0) is 0 Å². The van der Waals surface area contributed by atoms with Crippen LogP contribution in [0, 0.1) is 0 Å². The fraction of sp³-hybridized carbons (Fsp3) is 0.750. The summed E-state index contributed by atoms with van der Waals surface area (Å²) in [6.45, 7) is 11.1. The van der Waals surface area contributed by atoms with Crippen LogP contribution in [0.1, 0.15) is 32.6 Å². The second-order valence-electron chi connectivity index (χ2n) is 4.97. The Hall–Kier alpha value is 0.0600. The molecule has 0 aromatic carbocycles. The maximum Gasteiger partial charge on any atom is 0.0585 e. The van der Waals surface area contributed by atoms with Gasteiger partial charge in [0.15, 0.2) is 0 Å². The quantitative estimate of drug-likeness (QED) is 0.271. The first kappa shape index (κ1) is 21.1. The van der Waals surface area contributed by atoms with Crippen molar-refractivity contribution in [3.63, 3.8) is 0 Å². The molecule has 0 unspecified atom stereocenters. The molecule has 0 radical (unpaired) electrons. The number of hydrazine groups is 2. The van der Waals surface area contributed by atoms with E-state index in [1.165, 1.54) is 12.8 Å². The number of hydrogen-bond acceptors (Lipinski definition) is 5. The zero-order valence-corrected chi connectivity index (χ0v) is 15.6. The second kappa shape index (κ2) is 15.0. The van der Waals surface area contributed by atoms with Crippen molar-refractivity contribution in [3.8, 4) is 0 Å². The highest BCUT2D eigenvalue weighted by Crippen LogP contribution is 2.09. The van der Waals surface area contributed by atoms with E-state index in [2.05, 4.69) is 48.6 Å². The van der Waals surface area contributed by atoms with Crippen LogP contribution < -0.4 is 10.9 Å². The lowest BCUT2D eigenvalue weighted by Gasteiger charge is -2.33. The molecule has 124 valence electrons. The highest BCUT2D eigenvalue weighted by molar-refractivity contribution is 7.98. The second-order valence-corrected chi connectivity index (χ2v) is 6.94. The summed E-state index contributed by atoms with van der Waals surface area (Å²) >= 11 is 3.75. The highest BCUT2D eigenvalue weighted by atomic mass is 32.2. The Bertz CT molecular complexity index is 262. The first-order valence-electron chi connectivity index (χ1n) is 7.75. The van der Waals surface area contributed by atoms with Gasteiger partial charge in [-0.25, -0.2) is 10.9 Å². The molecule has 3 nitrogen and oxygen atoms in total. The van der Waals surface area contributed by atoms with Gasteiger partial charge in [-0.3, -0.25) is 0 Å². The van der Waals surface area contributed by atoms with Crippen molar-refractivity contribution in [1.29, 1.82) is 0 Å². The smallest absolute Gasteiger partial charge is 0.0585 e.